The third kappa shape index (κ3) is 3.59. The second-order valence-corrected chi connectivity index (χ2v) is 6.64. The van der Waals surface area contributed by atoms with Gasteiger partial charge in [-0.1, -0.05) is 24.3 Å². The van der Waals surface area contributed by atoms with Crippen LogP contribution in [-0.2, 0) is 6.42 Å². The Labute approximate surface area is 154 Å². The number of hydrogen-bond donors (Lipinski definition) is 1. The third-order valence-corrected chi connectivity index (χ3v) is 4.97. The monoisotopic (exact) mass is 351 g/mol. The average Bonchev–Trinajstić information content (AvgIpc) is 3.12. The maximum atomic E-state index is 6.01. The zero-order valence-electron chi connectivity index (χ0n) is 15.1. The number of nitrogens with one attached hydrogen (secondary N) is 1. The largest absolute Gasteiger partial charge is 0.488 e. The van der Waals surface area contributed by atoms with Crippen molar-refractivity contribution in [2.45, 2.75) is 12.5 Å². The zero-order chi connectivity index (χ0) is 17.8. The van der Waals surface area contributed by atoms with Crippen LogP contribution in [0.4, 0.5) is 5.82 Å². The van der Waals surface area contributed by atoms with E-state index in [2.05, 4.69) is 43.3 Å². The minimum absolute atomic E-state index is 0.166. The van der Waals surface area contributed by atoms with Crippen LogP contribution in [0.3, 0.4) is 0 Å². The van der Waals surface area contributed by atoms with E-state index in [1.807, 2.05) is 37.5 Å². The second-order valence-electron chi connectivity index (χ2n) is 6.64. The predicted octanol–water partition coefficient (Wildman–Crippen LogP) is 1.78. The molecule has 0 saturated carbocycles. The van der Waals surface area contributed by atoms with Crippen molar-refractivity contribution < 1.29 is 4.74 Å². The highest BCUT2D eigenvalue weighted by Gasteiger charge is 2.24. The predicted molar refractivity (Wildman–Crippen MR) is 104 cm³/mol. The van der Waals surface area contributed by atoms with Crippen molar-refractivity contribution in [3.8, 4) is 5.75 Å². The molecule has 1 atom stereocenters. The van der Waals surface area contributed by atoms with Crippen LogP contribution in [0.5, 0.6) is 5.75 Å². The van der Waals surface area contributed by atoms with Gasteiger partial charge in [-0.05, 0) is 23.8 Å². The van der Waals surface area contributed by atoms with Gasteiger partial charge in [-0.2, -0.15) is 0 Å². The molecule has 3 heterocycles. The highest BCUT2D eigenvalue weighted by molar-refractivity contribution is 5.80. The summed E-state index contributed by atoms with van der Waals surface area (Å²) >= 11 is 0. The van der Waals surface area contributed by atoms with E-state index < -0.39 is 0 Å². The fourth-order valence-corrected chi connectivity index (χ4v) is 3.59. The molecule has 1 N–H and O–H groups in total. The third-order valence-electron chi connectivity index (χ3n) is 4.97. The van der Waals surface area contributed by atoms with Crippen LogP contribution < -0.4 is 15.0 Å². The highest BCUT2D eigenvalue weighted by Crippen LogP contribution is 2.27. The van der Waals surface area contributed by atoms with E-state index in [4.69, 9.17) is 4.74 Å². The van der Waals surface area contributed by atoms with Gasteiger partial charge in [-0.15, -0.1) is 0 Å². The molecule has 0 amide bonds. The first kappa shape index (κ1) is 16.7. The van der Waals surface area contributed by atoms with E-state index in [0.29, 0.717) is 0 Å². The molecule has 0 aliphatic carbocycles. The van der Waals surface area contributed by atoms with Crippen molar-refractivity contribution in [1.82, 2.24) is 15.2 Å². The first-order valence-corrected chi connectivity index (χ1v) is 9.19. The molecule has 4 rings (SSSR count). The van der Waals surface area contributed by atoms with Crippen LogP contribution >= 0.6 is 0 Å². The molecule has 1 unspecified atom stereocenters. The maximum absolute atomic E-state index is 6.01. The Balaban J connectivity index is 1.28. The van der Waals surface area contributed by atoms with Gasteiger partial charge in [0.2, 0.25) is 0 Å². The molecule has 0 spiro atoms. The van der Waals surface area contributed by atoms with Gasteiger partial charge in [0.25, 0.3) is 0 Å². The Bertz CT molecular complexity index is 731. The molecule has 1 fully saturated rings. The molecule has 0 radical (unpaired) electrons. The number of anilines is 1. The molecule has 136 valence electrons. The standard InChI is InChI=1S/C20H25N5O/c1-21-20(23-15-17-14-16-6-2-3-7-18(16)26-17)25-12-10-24(11-13-25)19-8-4-5-9-22-19/h2-9,17H,10-15H2,1H3,(H,21,23). The molecule has 2 aromatic rings. The van der Waals surface area contributed by atoms with Crippen LogP contribution in [0.2, 0.25) is 0 Å². The van der Waals surface area contributed by atoms with Gasteiger partial charge in [0.1, 0.15) is 17.7 Å². The van der Waals surface area contributed by atoms with Crippen LogP contribution in [0.15, 0.2) is 53.7 Å². The molecular formula is C20H25N5O. The lowest BCUT2D eigenvalue weighted by molar-refractivity contribution is 0.232. The minimum atomic E-state index is 0.166. The summed E-state index contributed by atoms with van der Waals surface area (Å²) < 4.78 is 6.01. The number of fused-ring (bicyclic) bond motifs is 1. The summed E-state index contributed by atoms with van der Waals surface area (Å²) in [6, 6.07) is 14.3. The Morgan fingerprint density at radius 1 is 1.15 bits per heavy atom. The molecule has 26 heavy (non-hydrogen) atoms. The molecule has 1 aromatic heterocycles. The number of ether oxygens (including phenoxy) is 1. The van der Waals surface area contributed by atoms with Gasteiger partial charge in [-0.3, -0.25) is 4.99 Å². The number of benzene rings is 1. The number of nitrogens with zero attached hydrogens (tertiary/aromatic N) is 4. The summed E-state index contributed by atoms with van der Waals surface area (Å²) in [6.07, 6.45) is 2.97. The summed E-state index contributed by atoms with van der Waals surface area (Å²) in [6.45, 7) is 4.53. The lowest BCUT2D eigenvalue weighted by atomic mass is 10.1. The van der Waals surface area contributed by atoms with Gasteiger partial charge in [0, 0.05) is 45.8 Å². The van der Waals surface area contributed by atoms with Gasteiger partial charge < -0.3 is 19.9 Å². The first-order chi connectivity index (χ1) is 12.8. The van der Waals surface area contributed by atoms with E-state index in [0.717, 1.165) is 56.7 Å². The van der Waals surface area contributed by atoms with Crippen molar-refractivity contribution in [3.05, 3.63) is 54.2 Å². The fraction of sp³-hybridized carbons (Fsp3) is 0.400. The number of aromatic nitrogens is 1. The molecular weight excluding hydrogens is 326 g/mol. The van der Waals surface area contributed by atoms with Crippen molar-refractivity contribution in [2.24, 2.45) is 4.99 Å². The Kier molecular flexibility index (Phi) is 4.91. The number of hydrogen-bond acceptors (Lipinski definition) is 4. The molecule has 1 aromatic carbocycles. The average molecular weight is 351 g/mol. The summed E-state index contributed by atoms with van der Waals surface area (Å²) in [7, 11) is 1.84. The summed E-state index contributed by atoms with van der Waals surface area (Å²) in [5, 5.41) is 3.49. The topological polar surface area (TPSA) is 53.0 Å². The smallest absolute Gasteiger partial charge is 0.193 e. The van der Waals surface area contributed by atoms with Crippen LogP contribution in [0.1, 0.15) is 5.56 Å². The van der Waals surface area contributed by atoms with Gasteiger partial charge in [0.15, 0.2) is 5.96 Å². The molecule has 0 bridgehead atoms. The van der Waals surface area contributed by atoms with Crippen LogP contribution in [-0.4, -0.2) is 61.7 Å². The molecule has 1 saturated heterocycles. The van der Waals surface area contributed by atoms with Gasteiger partial charge in [0.05, 0.1) is 6.54 Å². The number of para-hydroxylation sites is 1. The van der Waals surface area contributed by atoms with Crippen LogP contribution in [0.25, 0.3) is 0 Å². The van der Waals surface area contributed by atoms with Gasteiger partial charge in [-0.25, -0.2) is 4.98 Å². The maximum Gasteiger partial charge on any atom is 0.193 e. The van der Waals surface area contributed by atoms with Crippen molar-refractivity contribution in [2.75, 3.05) is 44.7 Å². The molecule has 2 aliphatic rings. The first-order valence-electron chi connectivity index (χ1n) is 9.19. The number of guanidine groups is 1. The quantitative estimate of drug-likeness (QED) is 0.675. The van der Waals surface area contributed by atoms with Crippen molar-refractivity contribution >= 4 is 11.8 Å². The summed E-state index contributed by atoms with van der Waals surface area (Å²) in [4.78, 5) is 13.5. The van der Waals surface area contributed by atoms with Crippen LogP contribution in [0, 0.1) is 0 Å². The van der Waals surface area contributed by atoms with E-state index in [1.165, 1.54) is 5.56 Å². The normalized spacial score (nSPS) is 19.9. The van der Waals surface area contributed by atoms with E-state index in [1.54, 1.807) is 0 Å². The molecule has 6 heteroatoms. The Hall–Kier alpha value is -2.76. The lowest BCUT2D eigenvalue weighted by Crippen LogP contribution is -2.53. The number of pyridine rings is 1. The second kappa shape index (κ2) is 7.64. The minimum Gasteiger partial charge on any atom is -0.488 e. The SMILES string of the molecule is CN=C(NCC1Cc2ccccc2O1)N1CCN(c2ccccn2)CC1. The lowest BCUT2D eigenvalue weighted by Gasteiger charge is -2.37. The van der Waals surface area contributed by atoms with E-state index >= 15 is 0 Å². The van der Waals surface area contributed by atoms with E-state index in [-0.39, 0.29) is 6.10 Å². The zero-order valence-corrected chi connectivity index (χ0v) is 15.1. The van der Waals surface area contributed by atoms with E-state index in [9.17, 15) is 0 Å². The number of piperazine rings is 1. The molecule has 6 nitrogen and oxygen atoms in total. The van der Waals surface area contributed by atoms with Crippen molar-refractivity contribution in [1.29, 1.82) is 0 Å². The van der Waals surface area contributed by atoms with Gasteiger partial charge >= 0.3 is 0 Å². The molecule has 2 aliphatic heterocycles. The van der Waals surface area contributed by atoms with Crippen molar-refractivity contribution in [3.63, 3.8) is 0 Å². The Morgan fingerprint density at radius 3 is 2.69 bits per heavy atom. The number of aliphatic imine (C=N–C) groups is 1. The summed E-state index contributed by atoms with van der Waals surface area (Å²) in [5.41, 5.74) is 1.29. The Morgan fingerprint density at radius 2 is 1.96 bits per heavy atom. The number of rotatable bonds is 3. The fourth-order valence-electron chi connectivity index (χ4n) is 3.59. The highest BCUT2D eigenvalue weighted by atomic mass is 16.5. The summed E-state index contributed by atoms with van der Waals surface area (Å²) in [5.74, 6) is 3.01.